The number of para-hydroxylation sites is 2. The van der Waals surface area contributed by atoms with Crippen LogP contribution < -0.4 is 9.96 Å². The van der Waals surface area contributed by atoms with E-state index in [0.29, 0.717) is 5.69 Å². The van der Waals surface area contributed by atoms with E-state index in [-0.39, 0.29) is 11.8 Å². The van der Waals surface area contributed by atoms with Crippen molar-refractivity contribution < 1.29 is 14.4 Å². The molecular weight excluding hydrogens is 366 g/mol. The van der Waals surface area contributed by atoms with Gasteiger partial charge in [0.15, 0.2) is 6.10 Å². The van der Waals surface area contributed by atoms with Gasteiger partial charge in [0.2, 0.25) is 5.91 Å². The lowest BCUT2D eigenvalue weighted by molar-refractivity contribution is -0.126. The van der Waals surface area contributed by atoms with Crippen molar-refractivity contribution in [3.8, 4) is 0 Å². The fraction of sp³-hybridized carbons (Fsp3) is 0.174. The van der Waals surface area contributed by atoms with Crippen LogP contribution in [0.4, 0.5) is 11.4 Å². The molecule has 2 aliphatic rings. The highest BCUT2D eigenvalue weighted by Gasteiger charge is 2.60. The zero-order valence-corrected chi connectivity index (χ0v) is 15.8. The second kappa shape index (κ2) is 6.83. The van der Waals surface area contributed by atoms with Crippen molar-refractivity contribution in [1.29, 1.82) is 0 Å². The molecule has 2 aliphatic heterocycles. The third-order valence-electron chi connectivity index (χ3n) is 5.53. The van der Waals surface area contributed by atoms with Gasteiger partial charge < -0.3 is 0 Å². The number of amides is 2. The van der Waals surface area contributed by atoms with Crippen molar-refractivity contribution in [1.82, 2.24) is 4.98 Å². The molecule has 6 heteroatoms. The van der Waals surface area contributed by atoms with E-state index in [1.807, 2.05) is 67.6 Å². The third-order valence-corrected chi connectivity index (χ3v) is 5.53. The van der Waals surface area contributed by atoms with Crippen LogP contribution >= 0.6 is 0 Å². The van der Waals surface area contributed by atoms with Crippen molar-refractivity contribution in [2.75, 3.05) is 9.96 Å². The first-order valence-electron chi connectivity index (χ1n) is 9.51. The minimum absolute atomic E-state index is 0.241. The predicted octanol–water partition coefficient (Wildman–Crippen LogP) is 3.44. The van der Waals surface area contributed by atoms with Crippen LogP contribution in [0.5, 0.6) is 0 Å². The Bertz CT molecular complexity index is 1070. The first kappa shape index (κ1) is 17.6. The Hall–Kier alpha value is -3.51. The van der Waals surface area contributed by atoms with Crippen LogP contribution in [0.15, 0.2) is 79.1 Å². The van der Waals surface area contributed by atoms with Crippen LogP contribution in [0, 0.1) is 12.8 Å². The minimum Gasteiger partial charge on any atom is -0.273 e. The first-order chi connectivity index (χ1) is 14.2. The van der Waals surface area contributed by atoms with Crippen LogP contribution in [-0.2, 0) is 14.4 Å². The van der Waals surface area contributed by atoms with Crippen molar-refractivity contribution in [2.45, 2.75) is 19.1 Å². The molecule has 0 radical (unpaired) electrons. The molecule has 3 heterocycles. The number of aryl methyl sites for hydroxylation is 1. The number of carbonyl (C=O) groups excluding carboxylic acids is 2. The van der Waals surface area contributed by atoms with Gasteiger partial charge >= 0.3 is 0 Å². The number of anilines is 2. The van der Waals surface area contributed by atoms with E-state index in [2.05, 4.69) is 4.98 Å². The molecule has 144 valence electrons. The maximum Gasteiger partial charge on any atom is 0.266 e. The van der Waals surface area contributed by atoms with E-state index in [1.165, 1.54) is 4.90 Å². The number of aromatic nitrogens is 1. The fourth-order valence-electron chi connectivity index (χ4n) is 4.16. The lowest BCUT2D eigenvalue weighted by Crippen LogP contribution is -2.37. The van der Waals surface area contributed by atoms with Gasteiger partial charge in [-0.25, -0.2) is 9.96 Å². The lowest BCUT2D eigenvalue weighted by Gasteiger charge is -2.29. The van der Waals surface area contributed by atoms with E-state index in [9.17, 15) is 9.59 Å². The van der Waals surface area contributed by atoms with Crippen molar-refractivity contribution >= 4 is 23.2 Å². The molecule has 2 amide bonds. The average molecular weight is 385 g/mol. The highest BCUT2D eigenvalue weighted by molar-refractivity contribution is 6.24. The molecule has 2 aromatic carbocycles. The monoisotopic (exact) mass is 385 g/mol. The molecule has 0 aliphatic carbocycles. The molecule has 29 heavy (non-hydrogen) atoms. The van der Waals surface area contributed by atoms with E-state index >= 15 is 0 Å². The van der Waals surface area contributed by atoms with Crippen molar-refractivity contribution in [3.63, 3.8) is 0 Å². The summed E-state index contributed by atoms with van der Waals surface area (Å²) in [6.45, 7) is 1.89. The molecule has 2 saturated heterocycles. The number of hydrogen-bond donors (Lipinski definition) is 0. The molecule has 2 fully saturated rings. The SMILES string of the molecule is Cc1ccccc1N1C(=O)[C@H]2[C@H](ON(c3ccccc3)[C@@H]2c2ccncc2)C1=O. The first-order valence-corrected chi connectivity index (χ1v) is 9.51. The maximum atomic E-state index is 13.5. The smallest absolute Gasteiger partial charge is 0.266 e. The number of carbonyl (C=O) groups is 2. The zero-order valence-electron chi connectivity index (χ0n) is 15.8. The zero-order chi connectivity index (χ0) is 20.0. The summed E-state index contributed by atoms with van der Waals surface area (Å²) in [5.74, 6) is -1.20. The summed E-state index contributed by atoms with van der Waals surface area (Å²) in [5.41, 5.74) is 3.16. The highest BCUT2D eigenvalue weighted by Crippen LogP contribution is 2.47. The summed E-state index contributed by atoms with van der Waals surface area (Å²) in [6, 6.07) is 20.2. The van der Waals surface area contributed by atoms with Gasteiger partial charge in [-0.05, 0) is 48.4 Å². The summed E-state index contributed by atoms with van der Waals surface area (Å²) in [6.07, 6.45) is 2.51. The van der Waals surface area contributed by atoms with E-state index in [0.717, 1.165) is 16.8 Å². The number of hydroxylamine groups is 1. The summed E-state index contributed by atoms with van der Waals surface area (Å²) < 4.78 is 0. The van der Waals surface area contributed by atoms with E-state index in [1.54, 1.807) is 23.5 Å². The van der Waals surface area contributed by atoms with Gasteiger partial charge in [0.25, 0.3) is 5.91 Å². The molecule has 0 saturated carbocycles. The Labute approximate surface area is 168 Å². The largest absolute Gasteiger partial charge is 0.273 e. The second-order valence-corrected chi connectivity index (χ2v) is 7.24. The predicted molar refractivity (Wildman–Crippen MR) is 108 cm³/mol. The van der Waals surface area contributed by atoms with Gasteiger partial charge in [-0.2, -0.15) is 0 Å². The number of imide groups is 1. The van der Waals surface area contributed by atoms with Gasteiger partial charge in [0, 0.05) is 12.4 Å². The van der Waals surface area contributed by atoms with Crippen LogP contribution in [-0.4, -0.2) is 22.9 Å². The number of pyridine rings is 1. The van der Waals surface area contributed by atoms with E-state index < -0.39 is 18.1 Å². The minimum atomic E-state index is -0.861. The number of hydrogen-bond acceptors (Lipinski definition) is 5. The Morgan fingerprint density at radius 1 is 0.862 bits per heavy atom. The Balaban J connectivity index is 1.60. The fourth-order valence-corrected chi connectivity index (χ4v) is 4.16. The number of rotatable bonds is 3. The topological polar surface area (TPSA) is 62.7 Å². The summed E-state index contributed by atoms with van der Waals surface area (Å²) >= 11 is 0. The second-order valence-electron chi connectivity index (χ2n) is 7.24. The van der Waals surface area contributed by atoms with Crippen LogP contribution in [0.1, 0.15) is 17.2 Å². The third kappa shape index (κ3) is 2.72. The Morgan fingerprint density at radius 3 is 2.28 bits per heavy atom. The molecule has 5 rings (SSSR count). The molecule has 1 aromatic heterocycles. The maximum absolute atomic E-state index is 13.5. The van der Waals surface area contributed by atoms with Crippen LogP contribution in [0.2, 0.25) is 0 Å². The number of benzene rings is 2. The normalized spacial score (nSPS) is 23.6. The molecule has 3 aromatic rings. The molecule has 6 nitrogen and oxygen atoms in total. The quantitative estimate of drug-likeness (QED) is 0.647. The van der Waals surface area contributed by atoms with Gasteiger partial charge in [-0.3, -0.25) is 19.4 Å². The van der Waals surface area contributed by atoms with Gasteiger partial charge in [-0.15, -0.1) is 0 Å². The summed E-state index contributed by atoms with van der Waals surface area (Å²) in [4.78, 5) is 38.2. The van der Waals surface area contributed by atoms with Crippen molar-refractivity contribution in [2.24, 2.45) is 5.92 Å². The molecule has 0 bridgehead atoms. The molecule has 3 atom stereocenters. The standard InChI is InChI=1S/C23H19N3O3/c1-15-7-5-6-10-18(15)25-22(27)19-20(16-11-13-24-14-12-16)26(29-21(19)23(25)28)17-8-3-2-4-9-17/h2-14,19-21H,1H3/t19-,20-,21+/m1/s1. The van der Waals surface area contributed by atoms with Gasteiger partial charge in [0.1, 0.15) is 5.92 Å². The van der Waals surface area contributed by atoms with Gasteiger partial charge in [0.05, 0.1) is 17.4 Å². The number of nitrogens with zero attached hydrogens (tertiary/aromatic N) is 3. The number of fused-ring (bicyclic) bond motifs is 1. The molecule has 0 spiro atoms. The average Bonchev–Trinajstić information content (AvgIpc) is 3.26. The van der Waals surface area contributed by atoms with Crippen LogP contribution in [0.25, 0.3) is 0 Å². The molecule has 0 N–H and O–H groups in total. The molecule has 0 unspecified atom stereocenters. The Morgan fingerprint density at radius 2 is 1.55 bits per heavy atom. The van der Waals surface area contributed by atoms with Crippen molar-refractivity contribution in [3.05, 3.63) is 90.3 Å². The Kier molecular flexibility index (Phi) is 4.14. The lowest BCUT2D eigenvalue weighted by atomic mass is 9.91. The summed E-state index contributed by atoms with van der Waals surface area (Å²) in [7, 11) is 0. The summed E-state index contributed by atoms with van der Waals surface area (Å²) in [5, 5.41) is 1.69. The van der Waals surface area contributed by atoms with E-state index in [4.69, 9.17) is 4.84 Å². The highest BCUT2D eigenvalue weighted by atomic mass is 16.7. The van der Waals surface area contributed by atoms with Crippen LogP contribution in [0.3, 0.4) is 0 Å². The molecular formula is C23H19N3O3. The van der Waals surface area contributed by atoms with Gasteiger partial charge in [-0.1, -0.05) is 36.4 Å².